The molecular formula is C15H19NO3S2. The summed E-state index contributed by atoms with van der Waals surface area (Å²) in [5.74, 6) is 1.24. The van der Waals surface area contributed by atoms with Crippen molar-refractivity contribution in [2.45, 2.75) is 43.9 Å². The van der Waals surface area contributed by atoms with E-state index in [1.165, 1.54) is 10.4 Å². The van der Waals surface area contributed by atoms with Crippen molar-refractivity contribution in [3.8, 4) is 0 Å². The second-order valence-electron chi connectivity index (χ2n) is 5.72. The number of hydrogen-bond acceptors (Lipinski definition) is 4. The molecule has 21 heavy (non-hydrogen) atoms. The summed E-state index contributed by atoms with van der Waals surface area (Å²) in [5, 5.41) is 12.1. The number of thiophene rings is 1. The molecule has 114 valence electrons. The number of carbonyl (C=O) groups excluding carboxylic acids is 1. The van der Waals surface area contributed by atoms with Gasteiger partial charge in [0.2, 0.25) is 0 Å². The average molecular weight is 325 g/mol. The molecule has 0 saturated heterocycles. The van der Waals surface area contributed by atoms with Crippen molar-refractivity contribution in [1.82, 2.24) is 5.32 Å². The number of carboxylic acids is 1. The highest BCUT2D eigenvalue weighted by Gasteiger charge is 2.27. The first-order valence-corrected chi connectivity index (χ1v) is 9.33. The lowest BCUT2D eigenvalue weighted by Crippen LogP contribution is -2.38. The van der Waals surface area contributed by atoms with Gasteiger partial charge in [-0.3, -0.25) is 9.59 Å². The Morgan fingerprint density at radius 2 is 2.00 bits per heavy atom. The standard InChI is InChI=1S/C15H19NO3S2/c17-14(13-7-10-8-20-6-5-12(10)21-13)16-11-3-1-9(2-4-11)15(18)19/h7,9,11H,1-6,8H2,(H,16,17)(H,18,19). The molecule has 0 bridgehead atoms. The summed E-state index contributed by atoms with van der Waals surface area (Å²) < 4.78 is 0. The fraction of sp³-hybridized carbons (Fsp3) is 0.600. The van der Waals surface area contributed by atoms with Gasteiger partial charge in [-0.2, -0.15) is 11.8 Å². The van der Waals surface area contributed by atoms with Crippen molar-refractivity contribution < 1.29 is 14.7 Å². The van der Waals surface area contributed by atoms with Gasteiger partial charge in [-0.25, -0.2) is 0 Å². The normalized spacial score (nSPS) is 25.1. The fourth-order valence-corrected chi connectivity index (χ4v) is 5.28. The van der Waals surface area contributed by atoms with Crippen LogP contribution in [-0.4, -0.2) is 28.8 Å². The van der Waals surface area contributed by atoms with E-state index in [1.807, 2.05) is 17.8 Å². The maximum Gasteiger partial charge on any atom is 0.306 e. The molecule has 0 spiro atoms. The second-order valence-corrected chi connectivity index (χ2v) is 7.96. The molecule has 1 aromatic rings. The van der Waals surface area contributed by atoms with E-state index in [-0.39, 0.29) is 17.9 Å². The third kappa shape index (κ3) is 3.43. The molecule has 2 heterocycles. The molecule has 1 aliphatic heterocycles. The summed E-state index contributed by atoms with van der Waals surface area (Å²) in [6.45, 7) is 0. The van der Waals surface area contributed by atoms with Crippen molar-refractivity contribution in [1.29, 1.82) is 0 Å². The third-order valence-corrected chi connectivity index (χ3v) is 6.51. The number of nitrogens with one attached hydrogen (secondary N) is 1. The van der Waals surface area contributed by atoms with Gasteiger partial charge in [-0.1, -0.05) is 0 Å². The van der Waals surface area contributed by atoms with Crippen LogP contribution in [0.2, 0.25) is 0 Å². The van der Waals surface area contributed by atoms with E-state index >= 15 is 0 Å². The van der Waals surface area contributed by atoms with Gasteiger partial charge in [-0.05, 0) is 49.5 Å². The number of carbonyl (C=O) groups is 2. The average Bonchev–Trinajstić information content (AvgIpc) is 2.92. The van der Waals surface area contributed by atoms with Gasteiger partial charge < -0.3 is 10.4 Å². The highest BCUT2D eigenvalue weighted by atomic mass is 32.2. The van der Waals surface area contributed by atoms with Crippen molar-refractivity contribution in [2.75, 3.05) is 5.75 Å². The van der Waals surface area contributed by atoms with Gasteiger partial charge in [0.1, 0.15) is 0 Å². The number of aliphatic carboxylic acids is 1. The number of hydrogen-bond donors (Lipinski definition) is 2. The van der Waals surface area contributed by atoms with E-state index in [0.29, 0.717) is 12.8 Å². The Morgan fingerprint density at radius 1 is 1.24 bits per heavy atom. The zero-order chi connectivity index (χ0) is 14.8. The first kappa shape index (κ1) is 14.9. The summed E-state index contributed by atoms with van der Waals surface area (Å²) in [6, 6.07) is 2.16. The van der Waals surface area contributed by atoms with E-state index in [4.69, 9.17) is 5.11 Å². The molecule has 1 saturated carbocycles. The summed E-state index contributed by atoms with van der Waals surface area (Å²) in [5.41, 5.74) is 1.32. The first-order valence-electron chi connectivity index (χ1n) is 7.36. The number of rotatable bonds is 3. The maximum absolute atomic E-state index is 12.3. The molecule has 2 N–H and O–H groups in total. The van der Waals surface area contributed by atoms with Gasteiger partial charge in [0.25, 0.3) is 5.91 Å². The molecule has 0 radical (unpaired) electrons. The molecule has 1 amide bonds. The van der Waals surface area contributed by atoms with Crippen LogP contribution in [0.4, 0.5) is 0 Å². The van der Waals surface area contributed by atoms with Gasteiger partial charge in [-0.15, -0.1) is 11.3 Å². The number of amides is 1. The van der Waals surface area contributed by atoms with Crippen LogP contribution in [0.3, 0.4) is 0 Å². The summed E-state index contributed by atoms with van der Waals surface area (Å²) in [4.78, 5) is 25.4. The number of aryl methyl sites for hydroxylation is 1. The molecule has 6 heteroatoms. The van der Waals surface area contributed by atoms with Gasteiger partial charge in [0.15, 0.2) is 0 Å². The minimum Gasteiger partial charge on any atom is -0.481 e. The largest absolute Gasteiger partial charge is 0.481 e. The van der Waals surface area contributed by atoms with E-state index in [9.17, 15) is 9.59 Å². The van der Waals surface area contributed by atoms with Crippen molar-refractivity contribution in [3.63, 3.8) is 0 Å². The molecule has 1 aromatic heterocycles. The van der Waals surface area contributed by atoms with Crippen LogP contribution in [0, 0.1) is 5.92 Å². The monoisotopic (exact) mass is 325 g/mol. The lowest BCUT2D eigenvalue weighted by molar-refractivity contribution is -0.142. The predicted octanol–water partition coefficient (Wildman–Crippen LogP) is 2.91. The Kier molecular flexibility index (Phi) is 4.54. The van der Waals surface area contributed by atoms with Crippen molar-refractivity contribution in [3.05, 3.63) is 21.4 Å². The first-order chi connectivity index (χ1) is 10.1. The highest BCUT2D eigenvalue weighted by molar-refractivity contribution is 7.98. The highest BCUT2D eigenvalue weighted by Crippen LogP contribution is 2.32. The zero-order valence-corrected chi connectivity index (χ0v) is 13.4. The minimum atomic E-state index is -0.705. The van der Waals surface area contributed by atoms with E-state index < -0.39 is 5.97 Å². The second kappa shape index (κ2) is 6.40. The van der Waals surface area contributed by atoms with Crippen LogP contribution < -0.4 is 5.32 Å². The lowest BCUT2D eigenvalue weighted by atomic mass is 9.86. The van der Waals surface area contributed by atoms with Crippen molar-refractivity contribution in [2.24, 2.45) is 5.92 Å². The van der Waals surface area contributed by atoms with Gasteiger partial charge in [0, 0.05) is 16.7 Å². The fourth-order valence-electron chi connectivity index (χ4n) is 3.00. The summed E-state index contributed by atoms with van der Waals surface area (Å²) in [6.07, 6.45) is 3.94. The van der Waals surface area contributed by atoms with Crippen LogP contribution >= 0.6 is 23.1 Å². The van der Waals surface area contributed by atoms with Crippen molar-refractivity contribution >= 4 is 35.0 Å². The molecule has 0 unspecified atom stereocenters. The van der Waals surface area contributed by atoms with Crippen LogP contribution in [0.1, 0.15) is 45.8 Å². The van der Waals surface area contributed by atoms with E-state index in [1.54, 1.807) is 11.3 Å². The topological polar surface area (TPSA) is 66.4 Å². The molecule has 2 aliphatic rings. The molecule has 3 rings (SSSR count). The Morgan fingerprint density at radius 3 is 2.67 bits per heavy atom. The predicted molar refractivity (Wildman–Crippen MR) is 85.0 cm³/mol. The SMILES string of the molecule is O=C(NC1CCC(C(=O)O)CC1)c1cc2c(s1)CCSC2. The van der Waals surface area contributed by atoms with Crippen LogP contribution in [0.15, 0.2) is 6.07 Å². The Hall–Kier alpha value is -1.01. The molecule has 0 atom stereocenters. The molecule has 1 aliphatic carbocycles. The van der Waals surface area contributed by atoms with E-state index in [2.05, 4.69) is 5.32 Å². The molecule has 4 nitrogen and oxygen atoms in total. The quantitative estimate of drug-likeness (QED) is 0.897. The minimum absolute atomic E-state index is 0.0122. The van der Waals surface area contributed by atoms with Crippen LogP contribution in [0.5, 0.6) is 0 Å². The Balaban J connectivity index is 1.57. The molecule has 1 fully saturated rings. The zero-order valence-electron chi connectivity index (χ0n) is 11.8. The van der Waals surface area contributed by atoms with Crippen LogP contribution in [0.25, 0.3) is 0 Å². The van der Waals surface area contributed by atoms with Gasteiger partial charge in [0.05, 0.1) is 10.8 Å². The Labute approximate surface area is 132 Å². The van der Waals surface area contributed by atoms with Crippen LogP contribution in [-0.2, 0) is 17.0 Å². The molecular weight excluding hydrogens is 306 g/mol. The lowest BCUT2D eigenvalue weighted by Gasteiger charge is -2.26. The maximum atomic E-state index is 12.3. The number of carboxylic acid groups (broad SMARTS) is 1. The smallest absolute Gasteiger partial charge is 0.306 e. The number of fused-ring (bicyclic) bond motifs is 1. The summed E-state index contributed by atoms with van der Waals surface area (Å²) in [7, 11) is 0. The van der Waals surface area contributed by atoms with Gasteiger partial charge >= 0.3 is 5.97 Å². The Bertz CT molecular complexity index is 524. The molecule has 0 aromatic carbocycles. The summed E-state index contributed by atoms with van der Waals surface area (Å²) >= 11 is 3.54. The van der Waals surface area contributed by atoms with E-state index in [0.717, 1.165) is 35.6 Å². The third-order valence-electron chi connectivity index (χ3n) is 4.26. The number of thioether (sulfide) groups is 1.